The number of thiazole rings is 1. The third-order valence-corrected chi connectivity index (χ3v) is 5.96. The van der Waals surface area contributed by atoms with Crippen molar-refractivity contribution in [2.45, 2.75) is 31.8 Å². The molecule has 2 heterocycles. The molecule has 0 aliphatic carbocycles. The molecule has 2 aromatic heterocycles. The van der Waals surface area contributed by atoms with Crippen LogP contribution >= 0.6 is 22.9 Å². The van der Waals surface area contributed by atoms with E-state index in [1.807, 2.05) is 20.8 Å². The van der Waals surface area contributed by atoms with Crippen LogP contribution in [0.25, 0.3) is 4.96 Å². The minimum atomic E-state index is -3.71. The van der Waals surface area contributed by atoms with Gasteiger partial charge in [0, 0.05) is 24.2 Å². The van der Waals surface area contributed by atoms with E-state index in [4.69, 9.17) is 11.6 Å². The van der Waals surface area contributed by atoms with Crippen LogP contribution < -0.4 is 4.72 Å². The van der Waals surface area contributed by atoms with Crippen molar-refractivity contribution in [3.05, 3.63) is 16.7 Å². The van der Waals surface area contributed by atoms with Gasteiger partial charge in [-0.3, -0.25) is 4.40 Å². The molecular formula is C12H19ClN4O2S2. The maximum Gasteiger partial charge on any atom is 0.260 e. The minimum Gasteiger partial charge on any atom is -0.302 e. The zero-order chi connectivity index (χ0) is 15.6. The van der Waals surface area contributed by atoms with Crippen LogP contribution in [-0.4, -0.2) is 48.4 Å². The molecule has 0 aliphatic rings. The lowest BCUT2D eigenvalue weighted by atomic mass is 10.3. The maximum absolute atomic E-state index is 12.5. The Morgan fingerprint density at radius 1 is 1.48 bits per heavy atom. The van der Waals surface area contributed by atoms with E-state index in [0.29, 0.717) is 11.5 Å². The normalized spacial score (nSPS) is 14.1. The smallest absolute Gasteiger partial charge is 0.260 e. The van der Waals surface area contributed by atoms with Crippen molar-refractivity contribution in [2.75, 3.05) is 19.6 Å². The van der Waals surface area contributed by atoms with Crippen molar-refractivity contribution in [3.63, 3.8) is 0 Å². The summed E-state index contributed by atoms with van der Waals surface area (Å²) in [5.74, 6) is 0. The standard InChI is InChI=1S/C12H19ClN4O2S2/c1-4-16(5-2)8-9(3)15-21(18,19)11-10(13)14-12-17(11)6-7-20-12/h6-7,9,15H,4-5,8H2,1-3H3. The lowest BCUT2D eigenvalue weighted by Gasteiger charge is -2.23. The lowest BCUT2D eigenvalue weighted by molar-refractivity contribution is 0.282. The van der Waals surface area contributed by atoms with Crippen LogP contribution in [0.4, 0.5) is 0 Å². The Hall–Kier alpha value is -0.670. The Kier molecular flexibility index (Phi) is 5.26. The number of nitrogens with one attached hydrogen (secondary N) is 1. The molecule has 0 spiro atoms. The van der Waals surface area contributed by atoms with Gasteiger partial charge in [-0.2, -0.15) is 0 Å². The predicted octanol–water partition coefficient (Wildman–Crippen LogP) is 2.06. The van der Waals surface area contributed by atoms with Gasteiger partial charge in [0.1, 0.15) is 0 Å². The van der Waals surface area contributed by atoms with Crippen molar-refractivity contribution in [2.24, 2.45) is 0 Å². The van der Waals surface area contributed by atoms with Gasteiger partial charge < -0.3 is 4.90 Å². The molecule has 118 valence electrons. The van der Waals surface area contributed by atoms with Gasteiger partial charge >= 0.3 is 0 Å². The van der Waals surface area contributed by atoms with Crippen molar-refractivity contribution >= 4 is 37.9 Å². The molecule has 0 amide bonds. The Bertz CT molecular complexity index is 706. The number of aromatic nitrogens is 2. The molecule has 9 heteroatoms. The SMILES string of the molecule is CCN(CC)CC(C)NS(=O)(=O)c1c(Cl)nc2sccn12. The summed E-state index contributed by atoms with van der Waals surface area (Å²) in [7, 11) is -3.71. The van der Waals surface area contributed by atoms with Crippen LogP contribution in [0, 0.1) is 0 Å². The van der Waals surface area contributed by atoms with Crippen molar-refractivity contribution in [3.8, 4) is 0 Å². The Labute approximate surface area is 133 Å². The molecule has 0 aromatic carbocycles. The zero-order valence-electron chi connectivity index (χ0n) is 12.2. The molecule has 0 fully saturated rings. The Balaban J connectivity index is 2.22. The van der Waals surface area contributed by atoms with Gasteiger partial charge in [-0.05, 0) is 20.0 Å². The minimum absolute atomic E-state index is 0.00406. The number of hydrogen-bond donors (Lipinski definition) is 1. The summed E-state index contributed by atoms with van der Waals surface area (Å²) in [6, 6.07) is -0.213. The molecule has 1 atom stereocenters. The average Bonchev–Trinajstić information content (AvgIpc) is 2.94. The summed E-state index contributed by atoms with van der Waals surface area (Å²) in [6.07, 6.45) is 1.66. The van der Waals surface area contributed by atoms with Crippen molar-refractivity contribution in [1.82, 2.24) is 19.0 Å². The molecule has 0 radical (unpaired) electrons. The highest BCUT2D eigenvalue weighted by atomic mass is 35.5. The molecule has 1 N–H and O–H groups in total. The number of sulfonamides is 1. The van der Waals surface area contributed by atoms with E-state index in [0.717, 1.165) is 13.1 Å². The first-order valence-corrected chi connectivity index (χ1v) is 9.48. The summed E-state index contributed by atoms with van der Waals surface area (Å²) < 4.78 is 29.2. The summed E-state index contributed by atoms with van der Waals surface area (Å²) in [5, 5.41) is 1.79. The van der Waals surface area contributed by atoms with Crippen LogP contribution in [0.1, 0.15) is 20.8 Å². The second-order valence-corrected chi connectivity index (χ2v) is 7.63. The van der Waals surface area contributed by atoms with Gasteiger partial charge in [-0.25, -0.2) is 18.1 Å². The third-order valence-electron chi connectivity index (χ3n) is 3.22. The first kappa shape index (κ1) is 16.7. The fourth-order valence-corrected chi connectivity index (χ4v) is 4.89. The maximum atomic E-state index is 12.5. The molecule has 21 heavy (non-hydrogen) atoms. The Morgan fingerprint density at radius 2 is 2.14 bits per heavy atom. The van der Waals surface area contributed by atoms with E-state index in [9.17, 15) is 8.42 Å². The second kappa shape index (κ2) is 6.62. The third kappa shape index (κ3) is 3.57. The number of rotatable bonds is 7. The molecule has 6 nitrogen and oxygen atoms in total. The fourth-order valence-electron chi connectivity index (χ4n) is 2.21. The number of hydrogen-bond acceptors (Lipinski definition) is 5. The van der Waals surface area contributed by atoms with E-state index in [1.165, 1.54) is 15.7 Å². The summed E-state index contributed by atoms with van der Waals surface area (Å²) in [5.41, 5.74) is 0. The second-order valence-electron chi connectivity index (χ2n) is 4.77. The summed E-state index contributed by atoms with van der Waals surface area (Å²) >= 11 is 7.32. The van der Waals surface area contributed by atoms with Gasteiger partial charge in [0.05, 0.1) is 0 Å². The molecule has 2 aromatic rings. The first-order valence-electron chi connectivity index (χ1n) is 6.74. The lowest BCUT2D eigenvalue weighted by Crippen LogP contribution is -2.42. The Morgan fingerprint density at radius 3 is 2.76 bits per heavy atom. The highest BCUT2D eigenvalue weighted by molar-refractivity contribution is 7.89. The predicted molar refractivity (Wildman–Crippen MR) is 85.7 cm³/mol. The van der Waals surface area contributed by atoms with E-state index in [1.54, 1.807) is 11.6 Å². The topological polar surface area (TPSA) is 66.7 Å². The number of imidazole rings is 1. The quantitative estimate of drug-likeness (QED) is 0.830. The van der Waals surface area contributed by atoms with Crippen LogP contribution in [0.2, 0.25) is 5.15 Å². The van der Waals surface area contributed by atoms with Crippen molar-refractivity contribution in [1.29, 1.82) is 0 Å². The van der Waals surface area contributed by atoms with Crippen LogP contribution in [0.3, 0.4) is 0 Å². The van der Waals surface area contributed by atoms with E-state index in [-0.39, 0.29) is 16.2 Å². The highest BCUT2D eigenvalue weighted by Crippen LogP contribution is 2.25. The molecule has 0 saturated carbocycles. The van der Waals surface area contributed by atoms with Crippen LogP contribution in [0.5, 0.6) is 0 Å². The van der Waals surface area contributed by atoms with E-state index >= 15 is 0 Å². The van der Waals surface area contributed by atoms with E-state index in [2.05, 4.69) is 14.6 Å². The van der Waals surface area contributed by atoms with Gasteiger partial charge in [0.25, 0.3) is 10.0 Å². The van der Waals surface area contributed by atoms with Gasteiger partial charge in [-0.15, -0.1) is 11.3 Å². The van der Waals surface area contributed by atoms with E-state index < -0.39 is 10.0 Å². The monoisotopic (exact) mass is 350 g/mol. The highest BCUT2D eigenvalue weighted by Gasteiger charge is 2.26. The van der Waals surface area contributed by atoms with Crippen molar-refractivity contribution < 1.29 is 8.42 Å². The number of likely N-dealkylation sites (N-methyl/N-ethyl adjacent to an activating group) is 1. The van der Waals surface area contributed by atoms with Gasteiger partial charge in [-0.1, -0.05) is 25.4 Å². The molecule has 1 unspecified atom stereocenters. The first-order chi connectivity index (χ1) is 9.89. The number of nitrogens with zero attached hydrogens (tertiary/aromatic N) is 3. The molecular weight excluding hydrogens is 332 g/mol. The van der Waals surface area contributed by atoms with Crippen LogP contribution in [-0.2, 0) is 10.0 Å². The molecule has 0 saturated heterocycles. The van der Waals surface area contributed by atoms with Gasteiger partial charge in [0.15, 0.2) is 15.1 Å². The average molecular weight is 351 g/mol. The molecule has 0 bridgehead atoms. The summed E-state index contributed by atoms with van der Waals surface area (Å²) in [4.78, 5) is 6.78. The number of halogens is 1. The largest absolute Gasteiger partial charge is 0.302 e. The summed E-state index contributed by atoms with van der Waals surface area (Å²) in [6.45, 7) is 8.35. The van der Waals surface area contributed by atoms with Crippen LogP contribution in [0.15, 0.2) is 16.6 Å². The fraction of sp³-hybridized carbons (Fsp3) is 0.583. The number of fused-ring (bicyclic) bond motifs is 1. The molecule has 0 aliphatic heterocycles. The molecule has 2 rings (SSSR count). The van der Waals surface area contributed by atoms with Gasteiger partial charge in [0.2, 0.25) is 0 Å². The zero-order valence-corrected chi connectivity index (χ0v) is 14.6.